The van der Waals surface area contributed by atoms with Crippen molar-refractivity contribution >= 4 is 23.0 Å². The highest BCUT2D eigenvalue weighted by atomic mass is 32.1. The Bertz CT molecular complexity index is 1540. The molecule has 8 nitrogen and oxygen atoms in total. The number of hydrogen-bond donors (Lipinski definition) is 1. The Balaban J connectivity index is 1.70. The van der Waals surface area contributed by atoms with E-state index in [0.29, 0.717) is 22.9 Å². The molecule has 4 aromatic rings. The smallest absolute Gasteiger partial charge is 0.308 e. The first-order valence-electron chi connectivity index (χ1n) is 11.1. The van der Waals surface area contributed by atoms with Crippen molar-refractivity contribution in [3.63, 3.8) is 0 Å². The molecule has 1 aliphatic rings. The zero-order valence-corrected chi connectivity index (χ0v) is 20.5. The summed E-state index contributed by atoms with van der Waals surface area (Å²) >= 11 is 1.63. The van der Waals surface area contributed by atoms with Crippen LogP contribution >= 0.6 is 11.3 Å². The van der Waals surface area contributed by atoms with Gasteiger partial charge < -0.3 is 5.11 Å². The number of pyridine rings is 1. The van der Waals surface area contributed by atoms with Gasteiger partial charge in [0.25, 0.3) is 0 Å². The van der Waals surface area contributed by atoms with Gasteiger partial charge in [0.2, 0.25) is 0 Å². The maximum Gasteiger partial charge on any atom is 0.308 e. The zero-order valence-electron chi connectivity index (χ0n) is 19.6. The third-order valence-corrected chi connectivity index (χ3v) is 7.59. The minimum atomic E-state index is -0.942. The Morgan fingerprint density at radius 1 is 1.14 bits per heavy atom. The number of rotatable bonds is 4. The van der Waals surface area contributed by atoms with Gasteiger partial charge in [0, 0.05) is 27.8 Å². The van der Waals surface area contributed by atoms with E-state index in [2.05, 4.69) is 35.1 Å². The van der Waals surface area contributed by atoms with Crippen LogP contribution < -0.4 is 0 Å². The number of carboxylic acid groups (broad SMARTS) is 1. The van der Waals surface area contributed by atoms with Crippen molar-refractivity contribution in [2.24, 2.45) is 10.9 Å². The van der Waals surface area contributed by atoms with Crippen LogP contribution in [0.1, 0.15) is 51.7 Å². The molecule has 5 rings (SSSR count). The van der Waals surface area contributed by atoms with Crippen LogP contribution in [0.4, 0.5) is 0 Å². The molecule has 35 heavy (non-hydrogen) atoms. The average molecular weight is 483 g/mol. The van der Waals surface area contributed by atoms with Crippen LogP contribution in [0.5, 0.6) is 0 Å². The third-order valence-electron chi connectivity index (χ3n) is 6.40. The summed E-state index contributed by atoms with van der Waals surface area (Å²) < 4.78 is 1.95. The summed E-state index contributed by atoms with van der Waals surface area (Å²) in [4.78, 5) is 22.6. The number of aromatic nitrogens is 4. The quantitative estimate of drug-likeness (QED) is 0.446. The summed E-state index contributed by atoms with van der Waals surface area (Å²) in [5.74, 6) is -0.508. The highest BCUT2D eigenvalue weighted by Gasteiger charge is 2.36. The first-order chi connectivity index (χ1) is 16.8. The van der Waals surface area contributed by atoms with Crippen molar-refractivity contribution in [2.75, 3.05) is 0 Å². The van der Waals surface area contributed by atoms with E-state index in [4.69, 9.17) is 4.99 Å². The first-order valence-corrected chi connectivity index (χ1v) is 11.9. The van der Waals surface area contributed by atoms with Gasteiger partial charge in [-0.25, -0.2) is 0 Å². The van der Waals surface area contributed by atoms with Gasteiger partial charge in [0.15, 0.2) is 5.82 Å². The van der Waals surface area contributed by atoms with E-state index in [9.17, 15) is 15.2 Å². The van der Waals surface area contributed by atoms with Gasteiger partial charge in [-0.15, -0.1) is 21.5 Å². The van der Waals surface area contributed by atoms with Crippen LogP contribution in [0.15, 0.2) is 47.6 Å². The minimum absolute atomic E-state index is 0.532. The van der Waals surface area contributed by atoms with E-state index >= 15 is 0 Å². The zero-order chi connectivity index (χ0) is 24.9. The van der Waals surface area contributed by atoms with Gasteiger partial charge in [-0.2, -0.15) is 5.26 Å². The molecule has 0 saturated carbocycles. The Hall–Kier alpha value is -4.16. The van der Waals surface area contributed by atoms with E-state index in [1.807, 2.05) is 35.8 Å². The molecule has 1 N–H and O–H groups in total. The maximum absolute atomic E-state index is 12.0. The van der Waals surface area contributed by atoms with Gasteiger partial charge in [0.05, 0.1) is 29.0 Å². The second-order valence-electron chi connectivity index (χ2n) is 8.57. The molecule has 0 fully saturated rings. The van der Waals surface area contributed by atoms with Crippen molar-refractivity contribution < 1.29 is 9.90 Å². The fraction of sp³-hybridized carbons (Fsp3) is 0.231. The number of nitriles is 1. The van der Waals surface area contributed by atoms with Crippen molar-refractivity contribution in [2.45, 2.75) is 33.7 Å². The fourth-order valence-electron chi connectivity index (χ4n) is 4.27. The molecule has 0 saturated heterocycles. The number of carboxylic acids is 1. The van der Waals surface area contributed by atoms with E-state index < -0.39 is 17.9 Å². The molecule has 9 heteroatoms. The van der Waals surface area contributed by atoms with E-state index in [1.165, 1.54) is 0 Å². The number of benzene rings is 1. The Morgan fingerprint density at radius 2 is 1.86 bits per heavy atom. The van der Waals surface area contributed by atoms with Crippen molar-refractivity contribution in [3.05, 3.63) is 81.4 Å². The van der Waals surface area contributed by atoms with Crippen LogP contribution in [0.25, 0.3) is 16.3 Å². The molecule has 1 aliphatic heterocycles. The summed E-state index contributed by atoms with van der Waals surface area (Å²) in [6, 6.07) is 12.7. The lowest BCUT2D eigenvalue weighted by molar-refractivity contribution is -0.141. The summed E-state index contributed by atoms with van der Waals surface area (Å²) in [6.45, 7) is 7.65. The number of aliphatic imine (C=N–C) groups is 1. The number of fused-ring (bicyclic) bond motifs is 3. The number of nitrogens with zero attached hydrogens (tertiary/aromatic N) is 6. The Kier molecular flexibility index (Phi) is 5.53. The maximum atomic E-state index is 12.0. The van der Waals surface area contributed by atoms with Crippen LogP contribution in [0, 0.1) is 38.0 Å². The highest BCUT2D eigenvalue weighted by molar-refractivity contribution is 7.15. The van der Waals surface area contributed by atoms with E-state index in [0.717, 1.165) is 37.8 Å². The molecular weight excluding hydrogens is 460 g/mol. The Labute approximate surface area is 206 Å². The van der Waals surface area contributed by atoms with Gasteiger partial charge in [0.1, 0.15) is 16.9 Å². The SMILES string of the molecule is Cc1sc2c(c1C)C(c1ccc(-c3cc(C#N)ccn3)cc1)=N[C@@H](C(C)C(=O)O)c1nnc(C)n1-2. The standard InChI is InChI=1S/C26H22N6O2S/c1-13-15(3)35-25-21(13)23(29-22(14(2)26(33)34)24-31-30-16(4)32(24)25)19-7-5-18(6-8-19)20-11-17(12-27)9-10-28-20/h5-11,14,22H,1-4H3,(H,33,34)/t14?,22-/m0/s1. The lowest BCUT2D eigenvalue weighted by Gasteiger charge is -2.16. The lowest BCUT2D eigenvalue weighted by Crippen LogP contribution is -2.21. The number of aliphatic carboxylic acids is 1. The lowest BCUT2D eigenvalue weighted by atomic mass is 9.97. The van der Waals surface area contributed by atoms with Crippen molar-refractivity contribution in [1.29, 1.82) is 5.26 Å². The fourth-order valence-corrected chi connectivity index (χ4v) is 5.49. The molecule has 3 aromatic heterocycles. The molecule has 1 unspecified atom stereocenters. The first kappa shape index (κ1) is 22.6. The Morgan fingerprint density at radius 3 is 2.54 bits per heavy atom. The number of thiophene rings is 1. The van der Waals surface area contributed by atoms with E-state index in [-0.39, 0.29) is 0 Å². The molecular formula is C26H22N6O2S. The second-order valence-corrected chi connectivity index (χ2v) is 9.78. The topological polar surface area (TPSA) is 117 Å². The predicted octanol–water partition coefficient (Wildman–Crippen LogP) is 4.80. The van der Waals surface area contributed by atoms with E-state index in [1.54, 1.807) is 36.6 Å². The van der Waals surface area contributed by atoms with Crippen LogP contribution in [-0.4, -0.2) is 36.5 Å². The minimum Gasteiger partial charge on any atom is -0.481 e. The van der Waals surface area contributed by atoms with Gasteiger partial charge in [-0.1, -0.05) is 24.3 Å². The van der Waals surface area contributed by atoms with Crippen molar-refractivity contribution in [3.8, 4) is 22.3 Å². The molecule has 0 spiro atoms. The largest absolute Gasteiger partial charge is 0.481 e. The van der Waals surface area contributed by atoms with Gasteiger partial charge >= 0.3 is 5.97 Å². The van der Waals surface area contributed by atoms with Crippen LogP contribution in [-0.2, 0) is 4.79 Å². The molecule has 0 aliphatic carbocycles. The summed E-state index contributed by atoms with van der Waals surface area (Å²) in [6.07, 6.45) is 1.62. The van der Waals surface area contributed by atoms with Crippen LogP contribution in [0.2, 0.25) is 0 Å². The summed E-state index contributed by atoms with van der Waals surface area (Å²) in [7, 11) is 0. The number of hydrogen-bond acceptors (Lipinski definition) is 7. The number of aryl methyl sites for hydroxylation is 2. The summed E-state index contributed by atoms with van der Waals surface area (Å²) in [5.41, 5.74) is 5.79. The molecule has 0 radical (unpaired) electrons. The second kappa shape index (κ2) is 8.56. The predicted molar refractivity (Wildman–Crippen MR) is 133 cm³/mol. The van der Waals surface area contributed by atoms with Crippen molar-refractivity contribution in [1.82, 2.24) is 19.7 Å². The van der Waals surface area contributed by atoms with Gasteiger partial charge in [-0.05, 0) is 45.4 Å². The monoisotopic (exact) mass is 482 g/mol. The molecule has 4 heterocycles. The summed E-state index contributed by atoms with van der Waals surface area (Å²) in [5, 5.41) is 28.6. The highest BCUT2D eigenvalue weighted by Crippen LogP contribution is 2.40. The van der Waals surface area contributed by atoms with Crippen LogP contribution in [0.3, 0.4) is 0 Å². The number of carbonyl (C=O) groups is 1. The van der Waals surface area contributed by atoms with Gasteiger partial charge in [-0.3, -0.25) is 19.3 Å². The molecule has 0 amide bonds. The molecule has 0 bridgehead atoms. The third kappa shape index (κ3) is 3.72. The molecule has 174 valence electrons. The molecule has 1 aromatic carbocycles. The normalized spacial score (nSPS) is 15.4. The average Bonchev–Trinajstić information content (AvgIpc) is 3.33. The molecule has 2 atom stereocenters.